The number of imidazole rings is 1. The maximum atomic E-state index is 6.01. The number of H-pyrrole nitrogens is 1. The van der Waals surface area contributed by atoms with Crippen LogP contribution in [0.2, 0.25) is 0 Å². The summed E-state index contributed by atoms with van der Waals surface area (Å²) in [4.78, 5) is 7.30. The smallest absolute Gasteiger partial charge is 0.0931 e. The van der Waals surface area contributed by atoms with Gasteiger partial charge in [-0.1, -0.05) is 6.07 Å². The Balaban J connectivity index is 2.10. The largest absolute Gasteiger partial charge is 0.379 e. The molecule has 0 aliphatic carbocycles. The van der Waals surface area contributed by atoms with Gasteiger partial charge in [-0.05, 0) is 17.7 Å². The minimum absolute atomic E-state index is 0.0147. The van der Waals surface area contributed by atoms with E-state index in [1.54, 1.807) is 6.33 Å². The first-order chi connectivity index (χ1) is 7.34. The van der Waals surface area contributed by atoms with Crippen molar-refractivity contribution in [3.8, 4) is 0 Å². The van der Waals surface area contributed by atoms with E-state index in [-0.39, 0.29) is 5.41 Å². The van der Waals surface area contributed by atoms with Gasteiger partial charge in [-0.2, -0.15) is 0 Å². The fraction of sp³-hybridized carbons (Fsp3) is 0.364. The van der Waals surface area contributed by atoms with Gasteiger partial charge in [0.1, 0.15) is 0 Å². The van der Waals surface area contributed by atoms with Crippen LogP contribution in [-0.4, -0.2) is 29.1 Å². The molecule has 4 heteroatoms. The molecule has 1 aromatic carbocycles. The van der Waals surface area contributed by atoms with Gasteiger partial charge in [0, 0.05) is 5.88 Å². The maximum absolute atomic E-state index is 6.01. The minimum atomic E-state index is 0.0147. The highest BCUT2D eigenvalue weighted by molar-refractivity contribution is 6.18. The third-order valence-corrected chi connectivity index (χ3v) is 3.56. The minimum Gasteiger partial charge on any atom is -0.379 e. The quantitative estimate of drug-likeness (QED) is 0.790. The summed E-state index contributed by atoms with van der Waals surface area (Å²) in [6.45, 7) is 1.44. The van der Waals surface area contributed by atoms with Crippen molar-refractivity contribution in [3.05, 3.63) is 30.1 Å². The van der Waals surface area contributed by atoms with Crippen molar-refractivity contribution in [2.24, 2.45) is 0 Å². The number of alkyl halides is 1. The second-order valence-electron chi connectivity index (χ2n) is 4.04. The van der Waals surface area contributed by atoms with E-state index in [0.29, 0.717) is 5.88 Å². The van der Waals surface area contributed by atoms with Crippen LogP contribution in [0.1, 0.15) is 5.56 Å². The van der Waals surface area contributed by atoms with Crippen molar-refractivity contribution in [2.75, 3.05) is 19.1 Å². The van der Waals surface area contributed by atoms with Gasteiger partial charge in [0.05, 0.1) is 36.0 Å². The Bertz CT molecular complexity index is 485. The number of nitrogens with one attached hydrogen (secondary N) is 1. The predicted molar refractivity (Wildman–Crippen MR) is 59.3 cm³/mol. The first kappa shape index (κ1) is 9.19. The zero-order chi connectivity index (χ0) is 10.3. The van der Waals surface area contributed by atoms with Crippen LogP contribution in [0.25, 0.3) is 11.0 Å². The molecule has 0 radical (unpaired) electrons. The van der Waals surface area contributed by atoms with Gasteiger partial charge in [0.25, 0.3) is 0 Å². The standard InChI is InChI=1S/C11H11ClN2O/c12-4-11(5-15-6-11)8-1-2-9-10(3-8)14-7-13-9/h1-3,7H,4-6H2,(H,13,14). The monoisotopic (exact) mass is 222 g/mol. The average molecular weight is 223 g/mol. The van der Waals surface area contributed by atoms with Gasteiger partial charge in [-0.3, -0.25) is 0 Å². The second kappa shape index (κ2) is 3.22. The summed E-state index contributed by atoms with van der Waals surface area (Å²) >= 11 is 6.01. The highest BCUT2D eigenvalue weighted by Gasteiger charge is 2.39. The number of halogens is 1. The zero-order valence-corrected chi connectivity index (χ0v) is 8.92. The van der Waals surface area contributed by atoms with Crippen LogP contribution in [0, 0.1) is 0 Å². The van der Waals surface area contributed by atoms with Crippen molar-refractivity contribution in [3.63, 3.8) is 0 Å². The first-order valence-corrected chi connectivity index (χ1v) is 5.45. The molecule has 1 N–H and O–H groups in total. The number of hydrogen-bond donors (Lipinski definition) is 1. The average Bonchev–Trinajstić information content (AvgIpc) is 2.64. The second-order valence-corrected chi connectivity index (χ2v) is 4.31. The van der Waals surface area contributed by atoms with Gasteiger partial charge in [0.2, 0.25) is 0 Å². The molecule has 3 rings (SSSR count). The Labute approximate surface area is 92.4 Å². The summed E-state index contributed by atoms with van der Waals surface area (Å²) in [7, 11) is 0. The van der Waals surface area contributed by atoms with E-state index in [4.69, 9.17) is 16.3 Å². The molecular formula is C11H11ClN2O. The molecule has 0 spiro atoms. The molecule has 0 saturated carbocycles. The van der Waals surface area contributed by atoms with Gasteiger partial charge >= 0.3 is 0 Å². The number of aromatic nitrogens is 2. The van der Waals surface area contributed by atoms with E-state index in [0.717, 1.165) is 24.2 Å². The van der Waals surface area contributed by atoms with Crippen molar-refractivity contribution in [2.45, 2.75) is 5.41 Å². The highest BCUT2D eigenvalue weighted by atomic mass is 35.5. The van der Waals surface area contributed by atoms with Crippen molar-refractivity contribution in [1.82, 2.24) is 9.97 Å². The Morgan fingerprint density at radius 1 is 1.47 bits per heavy atom. The number of benzene rings is 1. The van der Waals surface area contributed by atoms with Gasteiger partial charge in [-0.15, -0.1) is 11.6 Å². The van der Waals surface area contributed by atoms with Gasteiger partial charge in [-0.25, -0.2) is 4.98 Å². The van der Waals surface area contributed by atoms with Crippen LogP contribution in [0.3, 0.4) is 0 Å². The van der Waals surface area contributed by atoms with Gasteiger partial charge in [0.15, 0.2) is 0 Å². The summed E-state index contributed by atoms with van der Waals surface area (Å²) in [5.74, 6) is 0.604. The van der Waals surface area contributed by atoms with Crippen molar-refractivity contribution < 1.29 is 4.74 Å². The number of hydrogen-bond acceptors (Lipinski definition) is 2. The SMILES string of the molecule is ClCC1(c2ccc3nc[nH]c3c2)COC1. The normalized spacial score (nSPS) is 19.0. The fourth-order valence-corrected chi connectivity index (χ4v) is 2.24. The summed E-state index contributed by atoms with van der Waals surface area (Å²) in [6, 6.07) is 6.23. The first-order valence-electron chi connectivity index (χ1n) is 4.91. The molecule has 1 aromatic heterocycles. The Hall–Kier alpha value is -1.06. The molecule has 0 unspecified atom stereocenters. The van der Waals surface area contributed by atoms with Crippen LogP contribution in [-0.2, 0) is 10.2 Å². The summed E-state index contributed by atoms with van der Waals surface area (Å²) in [5.41, 5.74) is 3.30. The molecule has 0 bridgehead atoms. The van der Waals surface area contributed by atoms with Crippen molar-refractivity contribution in [1.29, 1.82) is 0 Å². The highest BCUT2D eigenvalue weighted by Crippen LogP contribution is 2.34. The lowest BCUT2D eigenvalue weighted by atomic mass is 9.80. The molecule has 0 atom stereocenters. The van der Waals surface area contributed by atoms with Crippen LogP contribution in [0.15, 0.2) is 24.5 Å². The molecule has 3 nitrogen and oxygen atoms in total. The number of rotatable bonds is 2. The lowest BCUT2D eigenvalue weighted by Crippen LogP contribution is -2.48. The molecule has 15 heavy (non-hydrogen) atoms. The molecule has 0 amide bonds. The summed E-state index contributed by atoms with van der Waals surface area (Å²) in [5, 5.41) is 0. The zero-order valence-electron chi connectivity index (χ0n) is 8.16. The van der Waals surface area contributed by atoms with Crippen molar-refractivity contribution >= 4 is 22.6 Å². The topological polar surface area (TPSA) is 37.9 Å². The lowest BCUT2D eigenvalue weighted by Gasteiger charge is -2.40. The number of ether oxygens (including phenoxy) is 1. The predicted octanol–water partition coefficient (Wildman–Crippen LogP) is 2.07. The van der Waals surface area contributed by atoms with E-state index in [1.807, 2.05) is 6.07 Å². The molecule has 1 aliphatic heterocycles. The molecule has 78 valence electrons. The maximum Gasteiger partial charge on any atom is 0.0931 e. The summed E-state index contributed by atoms with van der Waals surface area (Å²) < 4.78 is 5.27. The third kappa shape index (κ3) is 1.27. The van der Waals surface area contributed by atoms with E-state index in [1.165, 1.54) is 5.56 Å². The van der Waals surface area contributed by atoms with E-state index in [2.05, 4.69) is 22.1 Å². The van der Waals surface area contributed by atoms with E-state index >= 15 is 0 Å². The molecule has 2 heterocycles. The van der Waals surface area contributed by atoms with Gasteiger partial charge < -0.3 is 9.72 Å². The van der Waals surface area contributed by atoms with Crippen LogP contribution in [0.5, 0.6) is 0 Å². The van der Waals surface area contributed by atoms with Crippen LogP contribution in [0.4, 0.5) is 0 Å². The number of nitrogens with zero attached hydrogens (tertiary/aromatic N) is 1. The lowest BCUT2D eigenvalue weighted by molar-refractivity contribution is -0.0479. The molecule has 1 saturated heterocycles. The molecule has 1 aliphatic rings. The summed E-state index contributed by atoms with van der Waals surface area (Å²) in [6.07, 6.45) is 1.71. The van der Waals surface area contributed by atoms with E-state index in [9.17, 15) is 0 Å². The van der Waals surface area contributed by atoms with Crippen LogP contribution < -0.4 is 0 Å². The Morgan fingerprint density at radius 3 is 3.00 bits per heavy atom. The Kier molecular flexibility index (Phi) is 1.97. The third-order valence-electron chi connectivity index (χ3n) is 3.05. The molecular weight excluding hydrogens is 212 g/mol. The Morgan fingerprint density at radius 2 is 2.33 bits per heavy atom. The van der Waals surface area contributed by atoms with Crippen LogP contribution >= 0.6 is 11.6 Å². The van der Waals surface area contributed by atoms with E-state index < -0.39 is 0 Å². The molecule has 1 fully saturated rings. The number of aromatic amines is 1. The number of fused-ring (bicyclic) bond motifs is 1. The molecule has 2 aromatic rings. The fourth-order valence-electron chi connectivity index (χ4n) is 1.93.